The van der Waals surface area contributed by atoms with Gasteiger partial charge in [-0.05, 0) is 42.8 Å². The van der Waals surface area contributed by atoms with E-state index in [2.05, 4.69) is 26.6 Å². The molecule has 0 radical (unpaired) electrons. The zero-order valence-electron chi connectivity index (χ0n) is 12.8. The first-order chi connectivity index (χ1) is 11.6. The van der Waals surface area contributed by atoms with E-state index in [1.807, 2.05) is 0 Å². The third kappa shape index (κ3) is 5.36. The summed E-state index contributed by atoms with van der Waals surface area (Å²) in [5, 5.41) is 14.0. The molecule has 1 heterocycles. The van der Waals surface area contributed by atoms with Crippen LogP contribution in [-0.2, 0) is 4.79 Å². The molecule has 2 rings (SSSR count). The second-order valence-corrected chi connectivity index (χ2v) is 5.78. The zero-order valence-corrected chi connectivity index (χ0v) is 14.4. The van der Waals surface area contributed by atoms with E-state index >= 15 is 0 Å². The summed E-state index contributed by atoms with van der Waals surface area (Å²) in [7, 11) is 0. The van der Waals surface area contributed by atoms with Crippen LogP contribution in [0.1, 0.15) is 22.5 Å². The highest BCUT2D eigenvalue weighted by molar-refractivity contribution is 9.10. The average Bonchev–Trinajstić information content (AvgIpc) is 3.08. The molecule has 0 spiro atoms. The number of aliphatic hydroxyl groups excluding tert-OH is 1. The normalized spacial score (nSPS) is 11.2. The number of hydrogen-bond donors (Lipinski definition) is 3. The van der Waals surface area contributed by atoms with Gasteiger partial charge in [-0.3, -0.25) is 9.59 Å². The predicted molar refractivity (Wildman–Crippen MR) is 93.0 cm³/mol. The SMILES string of the molecule is O=C(NCCCO)C(=Cc1ccco1)NC(=O)c1ccc(Br)cc1. The molecule has 0 aliphatic rings. The Labute approximate surface area is 147 Å². The second kappa shape index (κ2) is 9.05. The number of carbonyl (C=O) groups is 2. The average molecular weight is 393 g/mol. The molecule has 3 N–H and O–H groups in total. The van der Waals surface area contributed by atoms with Gasteiger partial charge in [0.1, 0.15) is 11.5 Å². The van der Waals surface area contributed by atoms with E-state index in [1.165, 1.54) is 12.3 Å². The molecule has 0 unspecified atom stereocenters. The van der Waals surface area contributed by atoms with Gasteiger partial charge in [0.2, 0.25) is 0 Å². The minimum atomic E-state index is -0.453. The summed E-state index contributed by atoms with van der Waals surface area (Å²) in [5.74, 6) is -0.415. The Kier molecular flexibility index (Phi) is 6.77. The standard InChI is InChI=1S/C17H17BrN2O4/c18-13-6-4-12(5-7-13)16(22)20-15(11-14-3-1-10-24-14)17(23)19-8-2-9-21/h1,3-7,10-11,21H,2,8-9H2,(H,19,23)(H,20,22). The Morgan fingerprint density at radius 1 is 1.21 bits per heavy atom. The first-order valence-corrected chi connectivity index (χ1v) is 8.10. The van der Waals surface area contributed by atoms with Gasteiger partial charge in [0.25, 0.3) is 11.8 Å². The number of rotatable bonds is 7. The lowest BCUT2D eigenvalue weighted by Gasteiger charge is -2.10. The van der Waals surface area contributed by atoms with Gasteiger partial charge in [-0.1, -0.05) is 15.9 Å². The van der Waals surface area contributed by atoms with E-state index in [0.717, 1.165) is 4.47 Å². The number of hydrogen-bond acceptors (Lipinski definition) is 4. The fraction of sp³-hybridized carbons (Fsp3) is 0.176. The van der Waals surface area contributed by atoms with E-state index in [9.17, 15) is 9.59 Å². The van der Waals surface area contributed by atoms with Crippen molar-refractivity contribution >= 4 is 33.8 Å². The van der Waals surface area contributed by atoms with Gasteiger partial charge in [0.05, 0.1) is 6.26 Å². The van der Waals surface area contributed by atoms with Crippen LogP contribution in [0.2, 0.25) is 0 Å². The highest BCUT2D eigenvalue weighted by atomic mass is 79.9. The summed E-state index contributed by atoms with van der Waals surface area (Å²) in [6, 6.07) is 10.1. The Morgan fingerprint density at radius 2 is 1.96 bits per heavy atom. The largest absolute Gasteiger partial charge is 0.465 e. The first-order valence-electron chi connectivity index (χ1n) is 7.31. The molecule has 0 saturated heterocycles. The second-order valence-electron chi connectivity index (χ2n) is 4.87. The van der Waals surface area contributed by atoms with Gasteiger partial charge < -0.3 is 20.2 Å². The molecule has 2 aromatic rings. The number of carbonyl (C=O) groups excluding carboxylic acids is 2. The van der Waals surface area contributed by atoms with Crippen molar-refractivity contribution in [3.05, 3.63) is 64.2 Å². The number of halogens is 1. The van der Waals surface area contributed by atoms with Crippen molar-refractivity contribution in [3.63, 3.8) is 0 Å². The highest BCUT2D eigenvalue weighted by Crippen LogP contribution is 2.12. The van der Waals surface area contributed by atoms with Crippen LogP contribution in [0.25, 0.3) is 6.08 Å². The Bertz CT molecular complexity index is 709. The molecule has 24 heavy (non-hydrogen) atoms. The summed E-state index contributed by atoms with van der Waals surface area (Å²) in [5.41, 5.74) is 0.488. The van der Waals surface area contributed by atoms with Gasteiger partial charge in [-0.15, -0.1) is 0 Å². The van der Waals surface area contributed by atoms with Crippen molar-refractivity contribution in [3.8, 4) is 0 Å². The predicted octanol–water partition coefficient (Wildman–Crippen LogP) is 2.31. The maximum Gasteiger partial charge on any atom is 0.267 e. The number of furan rings is 1. The van der Waals surface area contributed by atoms with Crippen LogP contribution < -0.4 is 10.6 Å². The van der Waals surface area contributed by atoms with E-state index in [1.54, 1.807) is 36.4 Å². The minimum Gasteiger partial charge on any atom is -0.465 e. The van der Waals surface area contributed by atoms with Crippen LogP contribution in [0.3, 0.4) is 0 Å². The molecule has 1 aromatic carbocycles. The molecule has 0 atom stereocenters. The van der Waals surface area contributed by atoms with Crippen molar-refractivity contribution in [1.82, 2.24) is 10.6 Å². The summed E-state index contributed by atoms with van der Waals surface area (Å²) in [4.78, 5) is 24.6. The van der Waals surface area contributed by atoms with E-state index < -0.39 is 11.8 Å². The summed E-state index contributed by atoms with van der Waals surface area (Å²) < 4.78 is 6.04. The maximum atomic E-state index is 12.3. The fourth-order valence-corrected chi connectivity index (χ4v) is 2.11. The van der Waals surface area contributed by atoms with Gasteiger partial charge in [0, 0.05) is 29.3 Å². The smallest absolute Gasteiger partial charge is 0.267 e. The highest BCUT2D eigenvalue weighted by Gasteiger charge is 2.15. The van der Waals surface area contributed by atoms with Crippen molar-refractivity contribution in [1.29, 1.82) is 0 Å². The number of benzene rings is 1. The molecular formula is C17H17BrN2O4. The van der Waals surface area contributed by atoms with Gasteiger partial charge >= 0.3 is 0 Å². The molecule has 0 aliphatic heterocycles. The fourth-order valence-electron chi connectivity index (χ4n) is 1.85. The molecule has 6 nitrogen and oxygen atoms in total. The van der Waals surface area contributed by atoms with Crippen molar-refractivity contribution in [2.45, 2.75) is 6.42 Å². The molecule has 1 aromatic heterocycles. The zero-order chi connectivity index (χ0) is 17.4. The van der Waals surface area contributed by atoms with Crippen LogP contribution in [-0.4, -0.2) is 30.1 Å². The molecular weight excluding hydrogens is 376 g/mol. The number of aliphatic hydroxyl groups is 1. The lowest BCUT2D eigenvalue weighted by Crippen LogP contribution is -2.35. The summed E-state index contributed by atoms with van der Waals surface area (Å²) in [6.45, 7) is 0.280. The summed E-state index contributed by atoms with van der Waals surface area (Å²) >= 11 is 3.30. The number of nitrogens with one attached hydrogen (secondary N) is 2. The molecule has 7 heteroatoms. The Balaban J connectivity index is 2.14. The topological polar surface area (TPSA) is 91.6 Å². The molecule has 0 bridgehead atoms. The first kappa shape index (κ1) is 18.0. The summed E-state index contributed by atoms with van der Waals surface area (Å²) in [6.07, 6.45) is 3.36. The Morgan fingerprint density at radius 3 is 2.58 bits per heavy atom. The molecule has 0 aliphatic carbocycles. The van der Waals surface area contributed by atoms with Gasteiger partial charge in [-0.2, -0.15) is 0 Å². The molecule has 0 fully saturated rings. The van der Waals surface area contributed by atoms with E-state index in [0.29, 0.717) is 24.3 Å². The molecule has 2 amide bonds. The third-order valence-electron chi connectivity index (χ3n) is 3.05. The minimum absolute atomic E-state index is 0.0250. The van der Waals surface area contributed by atoms with Crippen molar-refractivity contribution in [2.75, 3.05) is 13.2 Å². The van der Waals surface area contributed by atoms with Gasteiger partial charge in [0.15, 0.2) is 0 Å². The Hall–Kier alpha value is -2.38. The van der Waals surface area contributed by atoms with Crippen LogP contribution >= 0.6 is 15.9 Å². The van der Waals surface area contributed by atoms with Crippen LogP contribution in [0.4, 0.5) is 0 Å². The maximum absolute atomic E-state index is 12.3. The van der Waals surface area contributed by atoms with E-state index in [4.69, 9.17) is 9.52 Å². The van der Waals surface area contributed by atoms with Crippen LogP contribution in [0, 0.1) is 0 Å². The quantitative estimate of drug-likeness (QED) is 0.497. The van der Waals surface area contributed by atoms with E-state index in [-0.39, 0.29) is 12.3 Å². The van der Waals surface area contributed by atoms with Gasteiger partial charge in [-0.25, -0.2) is 0 Å². The lowest BCUT2D eigenvalue weighted by atomic mass is 10.2. The van der Waals surface area contributed by atoms with Crippen molar-refractivity contribution < 1.29 is 19.1 Å². The monoisotopic (exact) mass is 392 g/mol. The lowest BCUT2D eigenvalue weighted by molar-refractivity contribution is -0.117. The van der Waals surface area contributed by atoms with Crippen LogP contribution in [0.5, 0.6) is 0 Å². The number of amides is 2. The van der Waals surface area contributed by atoms with Crippen molar-refractivity contribution in [2.24, 2.45) is 0 Å². The third-order valence-corrected chi connectivity index (χ3v) is 3.58. The van der Waals surface area contributed by atoms with Crippen LogP contribution in [0.15, 0.2) is 57.2 Å². The molecule has 126 valence electrons. The molecule has 0 saturated carbocycles.